The van der Waals surface area contributed by atoms with E-state index in [4.69, 9.17) is 15.1 Å². The Hall–Kier alpha value is -5.54. The highest BCUT2D eigenvalue weighted by Crippen LogP contribution is 2.54. The maximum Gasteiger partial charge on any atom is 0.262 e. The summed E-state index contributed by atoms with van der Waals surface area (Å²) in [7, 11) is 0. The minimum absolute atomic E-state index is 0.241. The van der Waals surface area contributed by atoms with Gasteiger partial charge in [0.2, 0.25) is 0 Å². The molecule has 1 aliphatic carbocycles. The number of fused-ring (bicyclic) bond motifs is 4. The van der Waals surface area contributed by atoms with Gasteiger partial charge < -0.3 is 5.11 Å². The van der Waals surface area contributed by atoms with Crippen molar-refractivity contribution in [3.8, 4) is 22.5 Å². The third-order valence-corrected chi connectivity index (χ3v) is 8.86. The molecule has 2 aliphatic rings. The van der Waals surface area contributed by atoms with Crippen molar-refractivity contribution >= 4 is 34.2 Å². The van der Waals surface area contributed by atoms with Crippen LogP contribution in [0.1, 0.15) is 58.7 Å². The molecule has 3 aromatic heterocycles. The number of rotatable bonds is 5. The van der Waals surface area contributed by atoms with E-state index >= 15 is 0 Å². The molecule has 2 amide bonds. The van der Waals surface area contributed by atoms with Crippen molar-refractivity contribution in [3.05, 3.63) is 120 Å². The van der Waals surface area contributed by atoms with Gasteiger partial charge in [0.05, 0.1) is 45.5 Å². The number of nitrogens with zero attached hydrogens (tertiary/aromatic N) is 6. The number of carbonyl (C=O) groups is 2. The number of allylic oxidation sites excluding steroid dienone is 1. The third-order valence-electron chi connectivity index (χ3n) is 8.86. The number of aliphatic hydroxyl groups is 1. The summed E-state index contributed by atoms with van der Waals surface area (Å²) in [5, 5.41) is 15.6. The van der Waals surface area contributed by atoms with Gasteiger partial charge in [-0.25, -0.2) is 15.0 Å². The molecule has 0 atom stereocenters. The van der Waals surface area contributed by atoms with Crippen LogP contribution in [0.5, 0.6) is 0 Å². The van der Waals surface area contributed by atoms with Gasteiger partial charge in [0.15, 0.2) is 11.3 Å². The minimum atomic E-state index is -1.01. The first-order chi connectivity index (χ1) is 21.6. The lowest BCUT2D eigenvalue weighted by atomic mass is 9.61. The van der Waals surface area contributed by atoms with Gasteiger partial charge in [0, 0.05) is 30.0 Å². The summed E-state index contributed by atoms with van der Waals surface area (Å²) in [5.41, 5.74) is 5.93. The smallest absolute Gasteiger partial charge is 0.262 e. The Balaban J connectivity index is 1.27. The predicted octanol–water partition coefficient (Wildman–Crippen LogP) is 6.08. The van der Waals surface area contributed by atoms with Crippen molar-refractivity contribution in [2.75, 3.05) is 0 Å². The van der Waals surface area contributed by atoms with Crippen LogP contribution in [-0.4, -0.2) is 52.0 Å². The highest BCUT2D eigenvalue weighted by Gasteiger charge is 2.60. The Bertz CT molecular complexity index is 2180. The topological polar surface area (TPSA) is 114 Å². The summed E-state index contributed by atoms with van der Waals surface area (Å²) in [6, 6.07) is 26.3. The van der Waals surface area contributed by atoms with Crippen molar-refractivity contribution in [2.45, 2.75) is 37.8 Å². The number of imide groups is 1. The number of amides is 2. The average Bonchev–Trinajstić information content (AvgIpc) is 3.59. The first kappa shape index (κ1) is 27.0. The summed E-state index contributed by atoms with van der Waals surface area (Å²) in [5.74, 6) is -0.680. The van der Waals surface area contributed by atoms with E-state index in [0.717, 1.165) is 28.0 Å². The Labute approximate surface area is 258 Å². The molecule has 0 spiro atoms. The number of hydrogen-bond acceptors (Lipinski definition) is 7. The molecule has 0 unspecified atom stereocenters. The number of carbonyl (C=O) groups excluding carboxylic acids is 2. The average molecular weight is 593 g/mol. The molecule has 0 radical (unpaired) electrons. The maximum atomic E-state index is 13.6. The van der Waals surface area contributed by atoms with Gasteiger partial charge >= 0.3 is 0 Å². The van der Waals surface area contributed by atoms with Gasteiger partial charge in [-0.1, -0.05) is 73.3 Å². The van der Waals surface area contributed by atoms with Gasteiger partial charge in [0.25, 0.3) is 11.8 Å². The van der Waals surface area contributed by atoms with Gasteiger partial charge in [0.1, 0.15) is 5.52 Å². The van der Waals surface area contributed by atoms with E-state index in [1.807, 2.05) is 67.6 Å². The molecule has 45 heavy (non-hydrogen) atoms. The summed E-state index contributed by atoms with van der Waals surface area (Å²) >= 11 is 0. The Morgan fingerprint density at radius 3 is 2.07 bits per heavy atom. The molecule has 9 heteroatoms. The third kappa shape index (κ3) is 4.04. The first-order valence-electron chi connectivity index (χ1n) is 14.7. The summed E-state index contributed by atoms with van der Waals surface area (Å²) < 4.78 is 1.69. The second kappa shape index (κ2) is 9.48. The largest absolute Gasteiger partial charge is 0.390 e. The molecule has 0 saturated heterocycles. The Morgan fingerprint density at radius 2 is 1.44 bits per heavy atom. The monoisotopic (exact) mass is 592 g/mol. The van der Waals surface area contributed by atoms with Crippen LogP contribution in [-0.2, 0) is 5.54 Å². The fourth-order valence-corrected chi connectivity index (χ4v) is 6.85. The normalized spacial score (nSPS) is 20.9. The van der Waals surface area contributed by atoms with E-state index in [1.165, 1.54) is 4.90 Å². The zero-order chi connectivity index (χ0) is 31.1. The zero-order valence-corrected chi connectivity index (χ0v) is 24.7. The van der Waals surface area contributed by atoms with E-state index < -0.39 is 11.1 Å². The first-order valence-corrected chi connectivity index (χ1v) is 14.7. The fourth-order valence-electron chi connectivity index (χ4n) is 6.85. The maximum absolute atomic E-state index is 13.6. The van der Waals surface area contributed by atoms with Crippen LogP contribution in [0.15, 0.2) is 97.7 Å². The molecular weight excluding hydrogens is 564 g/mol. The van der Waals surface area contributed by atoms with Crippen molar-refractivity contribution in [1.82, 2.24) is 29.5 Å². The van der Waals surface area contributed by atoms with Crippen LogP contribution in [0.25, 0.3) is 44.9 Å². The van der Waals surface area contributed by atoms with Crippen LogP contribution in [0.3, 0.4) is 0 Å². The second-order valence-electron chi connectivity index (χ2n) is 12.3. The number of hydrogen-bond donors (Lipinski definition) is 1. The molecule has 220 valence electrons. The highest BCUT2D eigenvalue weighted by molar-refractivity contribution is 6.22. The molecular formula is C36H28N6O3. The lowest BCUT2D eigenvalue weighted by Gasteiger charge is -2.55. The lowest BCUT2D eigenvalue weighted by molar-refractivity contribution is -0.118. The van der Waals surface area contributed by atoms with E-state index in [-0.39, 0.29) is 24.7 Å². The zero-order valence-electron chi connectivity index (χ0n) is 24.7. The van der Waals surface area contributed by atoms with Crippen LogP contribution in [0, 0.1) is 0 Å². The van der Waals surface area contributed by atoms with Crippen molar-refractivity contribution in [2.24, 2.45) is 0 Å². The predicted molar refractivity (Wildman–Crippen MR) is 170 cm³/mol. The molecule has 3 aromatic carbocycles. The van der Waals surface area contributed by atoms with Gasteiger partial charge in [-0.3, -0.25) is 14.5 Å². The van der Waals surface area contributed by atoms with Crippen molar-refractivity contribution in [1.29, 1.82) is 0 Å². The molecule has 1 N–H and O–H groups in total. The van der Waals surface area contributed by atoms with Crippen molar-refractivity contribution in [3.63, 3.8) is 0 Å². The van der Waals surface area contributed by atoms with Gasteiger partial charge in [-0.2, -0.15) is 9.61 Å². The van der Waals surface area contributed by atoms with Crippen LogP contribution in [0.2, 0.25) is 0 Å². The highest BCUT2D eigenvalue weighted by atomic mass is 16.3. The van der Waals surface area contributed by atoms with Crippen LogP contribution in [0.4, 0.5) is 0 Å². The number of aromatic nitrogens is 5. The second-order valence-corrected chi connectivity index (χ2v) is 12.3. The van der Waals surface area contributed by atoms with Crippen LogP contribution >= 0.6 is 0 Å². The number of benzene rings is 3. The van der Waals surface area contributed by atoms with E-state index in [1.54, 1.807) is 41.9 Å². The van der Waals surface area contributed by atoms with E-state index in [0.29, 0.717) is 39.3 Å². The quantitative estimate of drug-likeness (QED) is 0.242. The van der Waals surface area contributed by atoms with Gasteiger partial charge in [-0.05, 0) is 37.1 Å². The molecule has 9 nitrogen and oxygen atoms in total. The lowest BCUT2D eigenvalue weighted by Crippen LogP contribution is -2.63. The van der Waals surface area contributed by atoms with E-state index in [9.17, 15) is 14.7 Å². The summed E-state index contributed by atoms with van der Waals surface area (Å²) in [6.07, 6.45) is 2.19. The van der Waals surface area contributed by atoms with E-state index in [2.05, 4.69) is 11.6 Å². The van der Waals surface area contributed by atoms with Gasteiger partial charge in [-0.15, -0.1) is 0 Å². The summed E-state index contributed by atoms with van der Waals surface area (Å²) in [6.45, 7) is 7.65. The van der Waals surface area contributed by atoms with Crippen LogP contribution < -0.4 is 0 Å². The minimum Gasteiger partial charge on any atom is -0.390 e. The van der Waals surface area contributed by atoms with Crippen molar-refractivity contribution < 1.29 is 14.7 Å². The molecule has 8 rings (SSSR count). The Kier molecular flexibility index (Phi) is 5.70. The molecule has 6 aromatic rings. The summed E-state index contributed by atoms with van der Waals surface area (Å²) in [4.78, 5) is 43.2. The standard InChI is InChI=1S/C36H28N6O3/c1-21(2)27-17-29-37-18-28-32(42(29)40-27)39-31(30(38-28)22-9-5-4-6-10-22)23-13-15-24(16-14-23)36(19-35(3,45)20-36)41-33(43)25-11-7-8-12-26(25)34(41)44/h4-18,45H,1,19-20H2,2-3H3/t35-,36+. The molecule has 1 saturated carbocycles. The molecule has 0 bridgehead atoms. The SMILES string of the molecule is C=C(C)c1cc2ncc3nc(-c4ccccc4)c(-c4ccc([C@]5(N6C(=O)c7ccccc7C6=O)C[C@@](C)(O)C5)cc4)nc3n2n1. The Morgan fingerprint density at radius 1 is 0.844 bits per heavy atom. The molecule has 4 heterocycles. The molecule has 1 aliphatic heterocycles. The molecule has 1 fully saturated rings. The fraction of sp³-hybridized carbons (Fsp3) is 0.167.